The number of allylic oxidation sites excluding steroid dienone is 4. The van der Waals surface area contributed by atoms with E-state index in [1.165, 1.54) is 86.2 Å². The zero-order valence-electron chi connectivity index (χ0n) is 31.7. The van der Waals surface area contributed by atoms with Gasteiger partial charge in [0.05, 0.1) is 0 Å². The van der Waals surface area contributed by atoms with E-state index in [1.807, 2.05) is 11.3 Å². The van der Waals surface area contributed by atoms with Crippen molar-refractivity contribution in [3.8, 4) is 22.3 Å². The van der Waals surface area contributed by atoms with E-state index in [0.29, 0.717) is 5.92 Å². The summed E-state index contributed by atoms with van der Waals surface area (Å²) < 4.78 is 2.65. The van der Waals surface area contributed by atoms with E-state index in [0.717, 1.165) is 23.5 Å². The van der Waals surface area contributed by atoms with Crippen molar-refractivity contribution in [1.82, 2.24) is 0 Å². The summed E-state index contributed by atoms with van der Waals surface area (Å²) in [6.45, 7) is 9.26. The molecule has 10 rings (SSSR count). The van der Waals surface area contributed by atoms with Crippen molar-refractivity contribution in [3.63, 3.8) is 0 Å². The van der Waals surface area contributed by atoms with Gasteiger partial charge in [-0.25, -0.2) is 0 Å². The topological polar surface area (TPSA) is 3.24 Å². The standard InChI is InChI=1S/C54H41NS/c1-35(2)40-30-33-50-41(34-40)27-26-37(43-21-13-22-49-44-16-11-12-23-51(44)56-54(43)49)25-24-36(3)55(50)42-31-28-39(29-32-42)53-47-19-9-7-17-45(47)52(38-14-5-4-6-15-38)46-18-8-10-20-48(46)53/h4-26,28-35H,3,27H2,1-2H3/b25-24-,37-26+. The van der Waals surface area contributed by atoms with Gasteiger partial charge in [-0.15, -0.1) is 11.3 Å². The Labute approximate surface area is 332 Å². The number of rotatable bonds is 5. The van der Waals surface area contributed by atoms with Gasteiger partial charge in [-0.05, 0) is 109 Å². The molecule has 1 aromatic heterocycles. The second-order valence-corrected chi connectivity index (χ2v) is 16.2. The van der Waals surface area contributed by atoms with Crippen LogP contribution in [0.4, 0.5) is 11.4 Å². The molecule has 0 spiro atoms. The van der Waals surface area contributed by atoms with E-state index in [2.05, 4.69) is 201 Å². The highest BCUT2D eigenvalue weighted by Gasteiger charge is 2.21. The van der Waals surface area contributed by atoms with Gasteiger partial charge < -0.3 is 4.90 Å². The van der Waals surface area contributed by atoms with E-state index in [1.54, 1.807) is 0 Å². The molecule has 56 heavy (non-hydrogen) atoms. The lowest BCUT2D eigenvalue weighted by Gasteiger charge is -2.28. The van der Waals surface area contributed by atoms with Crippen LogP contribution in [0.3, 0.4) is 0 Å². The molecule has 0 bridgehead atoms. The van der Waals surface area contributed by atoms with Crippen LogP contribution >= 0.6 is 11.3 Å². The number of hydrogen-bond donors (Lipinski definition) is 0. The largest absolute Gasteiger partial charge is 0.311 e. The quantitative estimate of drug-likeness (QED) is 0.159. The van der Waals surface area contributed by atoms with E-state index in [-0.39, 0.29) is 0 Å². The molecule has 0 atom stereocenters. The molecule has 0 amide bonds. The van der Waals surface area contributed by atoms with Gasteiger partial charge >= 0.3 is 0 Å². The Bertz CT molecular complexity index is 2970. The molecule has 0 radical (unpaired) electrons. The number of benzene rings is 8. The molecule has 2 heteroatoms. The Hall–Kier alpha value is -6.48. The van der Waals surface area contributed by atoms with Crippen molar-refractivity contribution in [2.75, 3.05) is 4.90 Å². The minimum Gasteiger partial charge on any atom is -0.311 e. The molecular weight excluding hydrogens is 695 g/mol. The van der Waals surface area contributed by atoms with Crippen LogP contribution in [0.2, 0.25) is 0 Å². The van der Waals surface area contributed by atoms with E-state index in [4.69, 9.17) is 6.58 Å². The van der Waals surface area contributed by atoms with Crippen LogP contribution in [0.1, 0.15) is 36.5 Å². The molecule has 0 fully saturated rings. The first-order valence-corrected chi connectivity index (χ1v) is 20.3. The van der Waals surface area contributed by atoms with E-state index < -0.39 is 0 Å². The molecule has 0 saturated carbocycles. The maximum absolute atomic E-state index is 4.71. The summed E-state index contributed by atoms with van der Waals surface area (Å²) in [6.07, 6.45) is 7.68. The molecule has 0 unspecified atom stereocenters. The van der Waals surface area contributed by atoms with Gasteiger partial charge in [0.2, 0.25) is 0 Å². The van der Waals surface area contributed by atoms with Gasteiger partial charge in [-0.3, -0.25) is 0 Å². The van der Waals surface area contributed by atoms with Crippen LogP contribution in [-0.4, -0.2) is 0 Å². The van der Waals surface area contributed by atoms with Crippen molar-refractivity contribution in [3.05, 3.63) is 211 Å². The third kappa shape index (κ3) is 5.77. The summed E-state index contributed by atoms with van der Waals surface area (Å²) in [5.74, 6) is 0.427. The Balaban J connectivity index is 1.10. The predicted octanol–water partition coefficient (Wildman–Crippen LogP) is 15.7. The molecule has 0 aliphatic carbocycles. The normalized spacial score (nSPS) is 14.8. The molecule has 1 aliphatic rings. The first-order valence-electron chi connectivity index (χ1n) is 19.5. The zero-order valence-corrected chi connectivity index (χ0v) is 32.5. The van der Waals surface area contributed by atoms with Crippen molar-refractivity contribution in [1.29, 1.82) is 0 Å². The van der Waals surface area contributed by atoms with Crippen LogP contribution in [0.5, 0.6) is 0 Å². The third-order valence-corrected chi connectivity index (χ3v) is 12.6. The smallest absolute Gasteiger partial charge is 0.0496 e. The van der Waals surface area contributed by atoms with Crippen molar-refractivity contribution in [2.45, 2.75) is 26.2 Å². The van der Waals surface area contributed by atoms with Gasteiger partial charge in [-0.1, -0.05) is 172 Å². The zero-order chi connectivity index (χ0) is 37.8. The molecular formula is C54H41NS. The number of thiophene rings is 1. The lowest BCUT2D eigenvalue weighted by Crippen LogP contribution is -2.16. The lowest BCUT2D eigenvalue weighted by molar-refractivity contribution is 0.863. The summed E-state index contributed by atoms with van der Waals surface area (Å²) in [5.41, 5.74) is 13.3. The summed E-state index contributed by atoms with van der Waals surface area (Å²) >= 11 is 1.88. The highest BCUT2D eigenvalue weighted by Crippen LogP contribution is 2.45. The SMILES string of the molecule is C=C1/C=C\C(c2cccc3c2sc2ccccc23)=C/Cc2cc(C(C)C)ccc2N1c1ccc(-c2c3ccccc3c(-c3ccccc3)c3ccccc23)cc1. The monoisotopic (exact) mass is 735 g/mol. The first kappa shape index (κ1) is 34.0. The van der Waals surface area contributed by atoms with Crippen LogP contribution in [0.15, 0.2) is 194 Å². The maximum Gasteiger partial charge on any atom is 0.0496 e. The number of nitrogens with zero attached hydrogens (tertiary/aromatic N) is 1. The van der Waals surface area contributed by atoms with Gasteiger partial charge in [0.25, 0.3) is 0 Å². The fourth-order valence-corrected chi connectivity index (χ4v) is 9.90. The second kappa shape index (κ2) is 14.0. The molecule has 1 nitrogen and oxygen atoms in total. The predicted molar refractivity (Wildman–Crippen MR) is 244 cm³/mol. The van der Waals surface area contributed by atoms with Gasteiger partial charge in [-0.2, -0.15) is 0 Å². The molecule has 0 N–H and O–H groups in total. The molecule has 2 heterocycles. The molecule has 9 aromatic rings. The van der Waals surface area contributed by atoms with Crippen LogP contribution in [0, 0.1) is 0 Å². The van der Waals surface area contributed by atoms with Crippen molar-refractivity contribution in [2.24, 2.45) is 0 Å². The highest BCUT2D eigenvalue weighted by atomic mass is 32.1. The van der Waals surface area contributed by atoms with Crippen LogP contribution in [-0.2, 0) is 6.42 Å². The average Bonchev–Trinajstić information content (AvgIpc) is 3.65. The first-order chi connectivity index (χ1) is 27.5. The van der Waals surface area contributed by atoms with Crippen molar-refractivity contribution < 1.29 is 0 Å². The van der Waals surface area contributed by atoms with E-state index >= 15 is 0 Å². The Morgan fingerprint density at radius 2 is 1.14 bits per heavy atom. The Morgan fingerprint density at radius 1 is 0.554 bits per heavy atom. The average molecular weight is 736 g/mol. The summed E-state index contributed by atoms with van der Waals surface area (Å²) in [6, 6.07) is 60.1. The van der Waals surface area contributed by atoms with Gasteiger partial charge in [0, 0.05) is 37.2 Å². The number of hydrogen-bond acceptors (Lipinski definition) is 2. The third-order valence-electron chi connectivity index (χ3n) is 11.4. The van der Waals surface area contributed by atoms with Crippen molar-refractivity contribution >= 4 is 70.0 Å². The second-order valence-electron chi connectivity index (χ2n) is 15.1. The number of fused-ring (bicyclic) bond motifs is 6. The summed E-state index contributed by atoms with van der Waals surface area (Å²) in [4.78, 5) is 2.34. The Kier molecular flexibility index (Phi) is 8.50. The summed E-state index contributed by atoms with van der Waals surface area (Å²) in [7, 11) is 0. The minimum atomic E-state index is 0.427. The fraction of sp³-hybridized carbons (Fsp3) is 0.0741. The molecule has 0 saturated heterocycles. The van der Waals surface area contributed by atoms with E-state index in [9.17, 15) is 0 Å². The Morgan fingerprint density at radius 3 is 1.80 bits per heavy atom. The lowest BCUT2D eigenvalue weighted by atomic mass is 9.86. The highest BCUT2D eigenvalue weighted by molar-refractivity contribution is 7.26. The van der Waals surface area contributed by atoms with Gasteiger partial charge in [0.15, 0.2) is 0 Å². The van der Waals surface area contributed by atoms with Gasteiger partial charge in [0.1, 0.15) is 0 Å². The summed E-state index contributed by atoms with van der Waals surface area (Å²) in [5, 5.41) is 7.68. The number of anilines is 2. The van der Waals surface area contributed by atoms with Crippen LogP contribution in [0.25, 0.3) is 69.5 Å². The fourth-order valence-electron chi connectivity index (χ4n) is 8.66. The molecule has 268 valence electrons. The molecule has 8 aromatic carbocycles. The maximum atomic E-state index is 4.71. The minimum absolute atomic E-state index is 0.427. The van der Waals surface area contributed by atoms with Crippen LogP contribution < -0.4 is 4.90 Å². The molecule has 1 aliphatic heterocycles.